The van der Waals surface area contributed by atoms with Crippen LogP contribution >= 0.6 is 0 Å². The van der Waals surface area contributed by atoms with E-state index in [4.69, 9.17) is 4.74 Å². The van der Waals surface area contributed by atoms with Crippen molar-refractivity contribution in [2.75, 3.05) is 32.7 Å². The third-order valence-corrected chi connectivity index (χ3v) is 5.37. The van der Waals surface area contributed by atoms with Crippen molar-refractivity contribution in [2.24, 2.45) is 0 Å². The molecule has 1 saturated heterocycles. The maximum Gasteiger partial charge on any atom is 0.254 e. The number of nitriles is 1. The number of para-hydroxylation sites is 1. The highest BCUT2D eigenvalue weighted by Gasteiger charge is 2.25. The lowest BCUT2D eigenvalue weighted by Gasteiger charge is -2.30. The van der Waals surface area contributed by atoms with Gasteiger partial charge in [0.05, 0.1) is 5.56 Å². The molecule has 1 amide bonds. The highest BCUT2D eigenvalue weighted by Crippen LogP contribution is 2.29. The number of likely N-dealkylation sites (tertiary alicyclic amines) is 1. The SMILES string of the molecule is N#Cc1ccccc1Oc1ccc2c(c1)CCN(CCN1CCCC1)C2=O. The van der Waals surface area contributed by atoms with E-state index in [0.29, 0.717) is 17.1 Å². The summed E-state index contributed by atoms with van der Waals surface area (Å²) in [5, 5.41) is 9.20. The molecule has 0 unspecified atom stereocenters. The lowest BCUT2D eigenvalue weighted by molar-refractivity contribution is 0.0724. The van der Waals surface area contributed by atoms with Gasteiger partial charge in [-0.15, -0.1) is 0 Å². The van der Waals surface area contributed by atoms with Gasteiger partial charge in [0, 0.05) is 25.2 Å². The lowest BCUT2D eigenvalue weighted by atomic mass is 9.98. The molecule has 27 heavy (non-hydrogen) atoms. The largest absolute Gasteiger partial charge is 0.456 e. The van der Waals surface area contributed by atoms with Gasteiger partial charge in [0.15, 0.2) is 0 Å². The molecule has 0 N–H and O–H groups in total. The fraction of sp³-hybridized carbons (Fsp3) is 0.364. The number of benzene rings is 2. The van der Waals surface area contributed by atoms with Crippen molar-refractivity contribution in [3.05, 3.63) is 59.2 Å². The molecule has 0 atom stereocenters. The summed E-state index contributed by atoms with van der Waals surface area (Å²) in [7, 11) is 0. The highest BCUT2D eigenvalue weighted by atomic mass is 16.5. The van der Waals surface area contributed by atoms with Crippen molar-refractivity contribution < 1.29 is 9.53 Å². The van der Waals surface area contributed by atoms with Crippen LogP contribution in [0.15, 0.2) is 42.5 Å². The number of fused-ring (bicyclic) bond motifs is 1. The van der Waals surface area contributed by atoms with Crippen LogP contribution in [-0.4, -0.2) is 48.4 Å². The molecule has 2 aliphatic heterocycles. The van der Waals surface area contributed by atoms with Gasteiger partial charge in [0.25, 0.3) is 5.91 Å². The summed E-state index contributed by atoms with van der Waals surface area (Å²) >= 11 is 0. The third-order valence-electron chi connectivity index (χ3n) is 5.37. The zero-order valence-corrected chi connectivity index (χ0v) is 15.4. The van der Waals surface area contributed by atoms with Crippen LogP contribution in [0.3, 0.4) is 0 Å². The van der Waals surface area contributed by atoms with E-state index < -0.39 is 0 Å². The Morgan fingerprint density at radius 3 is 2.67 bits per heavy atom. The number of hydrogen-bond donors (Lipinski definition) is 0. The first kappa shape index (κ1) is 17.6. The number of hydrogen-bond acceptors (Lipinski definition) is 4. The van der Waals surface area contributed by atoms with Crippen LogP contribution in [0.25, 0.3) is 0 Å². The predicted molar refractivity (Wildman–Crippen MR) is 103 cm³/mol. The van der Waals surface area contributed by atoms with Crippen LogP contribution in [-0.2, 0) is 6.42 Å². The summed E-state index contributed by atoms with van der Waals surface area (Å²) in [4.78, 5) is 17.2. The molecule has 5 heteroatoms. The molecule has 0 saturated carbocycles. The third kappa shape index (κ3) is 3.81. The van der Waals surface area contributed by atoms with Crippen LogP contribution in [0.4, 0.5) is 0 Å². The second kappa shape index (κ2) is 7.81. The topological polar surface area (TPSA) is 56.6 Å². The van der Waals surface area contributed by atoms with Gasteiger partial charge in [0.1, 0.15) is 17.6 Å². The second-order valence-electron chi connectivity index (χ2n) is 7.12. The Labute approximate surface area is 159 Å². The van der Waals surface area contributed by atoms with Gasteiger partial charge >= 0.3 is 0 Å². The maximum absolute atomic E-state index is 12.8. The summed E-state index contributed by atoms with van der Waals surface area (Å²) in [5.74, 6) is 1.31. The summed E-state index contributed by atoms with van der Waals surface area (Å²) in [5.41, 5.74) is 2.28. The molecule has 2 aliphatic rings. The Morgan fingerprint density at radius 1 is 1.04 bits per heavy atom. The average Bonchev–Trinajstić information content (AvgIpc) is 3.21. The summed E-state index contributed by atoms with van der Waals surface area (Å²) < 4.78 is 5.89. The zero-order chi connectivity index (χ0) is 18.6. The lowest BCUT2D eigenvalue weighted by Crippen LogP contribution is -2.42. The molecule has 5 nitrogen and oxygen atoms in total. The van der Waals surface area contributed by atoms with Gasteiger partial charge in [-0.05, 0) is 68.2 Å². The Balaban J connectivity index is 1.45. The van der Waals surface area contributed by atoms with E-state index in [-0.39, 0.29) is 5.91 Å². The minimum atomic E-state index is 0.111. The van der Waals surface area contributed by atoms with E-state index in [1.54, 1.807) is 12.1 Å². The van der Waals surface area contributed by atoms with Crippen molar-refractivity contribution in [3.63, 3.8) is 0 Å². The van der Waals surface area contributed by atoms with E-state index >= 15 is 0 Å². The zero-order valence-electron chi connectivity index (χ0n) is 15.4. The van der Waals surface area contributed by atoms with Crippen LogP contribution in [0, 0.1) is 11.3 Å². The molecule has 1 fully saturated rings. The molecule has 138 valence electrons. The molecule has 0 aromatic heterocycles. The van der Waals surface area contributed by atoms with Crippen molar-refractivity contribution in [2.45, 2.75) is 19.3 Å². The Bertz CT molecular complexity index is 881. The predicted octanol–water partition coefficient (Wildman–Crippen LogP) is 3.44. The van der Waals surface area contributed by atoms with Crippen LogP contribution in [0.2, 0.25) is 0 Å². The first-order valence-corrected chi connectivity index (χ1v) is 9.56. The van der Waals surface area contributed by atoms with Crippen molar-refractivity contribution in [1.29, 1.82) is 5.26 Å². The smallest absolute Gasteiger partial charge is 0.254 e. The Morgan fingerprint density at radius 2 is 1.85 bits per heavy atom. The standard InChI is InChI=1S/C22H23N3O2/c23-16-18-5-1-2-6-21(18)27-19-7-8-20-17(15-19)9-12-25(22(20)26)14-13-24-10-3-4-11-24/h1-2,5-8,15H,3-4,9-14H2. The van der Waals surface area contributed by atoms with Gasteiger partial charge in [-0.3, -0.25) is 4.79 Å². The van der Waals surface area contributed by atoms with Crippen LogP contribution < -0.4 is 4.74 Å². The monoisotopic (exact) mass is 361 g/mol. The highest BCUT2D eigenvalue weighted by molar-refractivity contribution is 5.97. The van der Waals surface area contributed by atoms with E-state index in [1.807, 2.05) is 35.2 Å². The summed E-state index contributed by atoms with van der Waals surface area (Å²) in [6.07, 6.45) is 3.38. The van der Waals surface area contributed by atoms with Gasteiger partial charge in [-0.25, -0.2) is 0 Å². The molecule has 2 aromatic carbocycles. The van der Waals surface area contributed by atoms with E-state index in [1.165, 1.54) is 12.8 Å². The number of carbonyl (C=O) groups is 1. The van der Waals surface area contributed by atoms with Gasteiger partial charge in [-0.2, -0.15) is 5.26 Å². The number of ether oxygens (including phenoxy) is 1. The fourth-order valence-corrected chi connectivity index (χ4v) is 3.83. The summed E-state index contributed by atoms with van der Waals surface area (Å²) in [6.45, 7) is 4.82. The van der Waals surface area contributed by atoms with Crippen LogP contribution in [0.1, 0.15) is 34.3 Å². The number of nitrogens with zero attached hydrogens (tertiary/aromatic N) is 3. The van der Waals surface area contributed by atoms with Crippen molar-refractivity contribution >= 4 is 5.91 Å². The van der Waals surface area contributed by atoms with E-state index in [2.05, 4.69) is 11.0 Å². The van der Waals surface area contributed by atoms with Gasteiger partial charge < -0.3 is 14.5 Å². The average molecular weight is 361 g/mol. The second-order valence-corrected chi connectivity index (χ2v) is 7.12. The molecule has 4 rings (SSSR count). The molecule has 2 heterocycles. The minimum absolute atomic E-state index is 0.111. The summed E-state index contributed by atoms with van der Waals surface area (Å²) in [6, 6.07) is 14.9. The van der Waals surface area contributed by atoms with Gasteiger partial charge in [0.2, 0.25) is 0 Å². The molecule has 0 spiro atoms. The quantitative estimate of drug-likeness (QED) is 0.819. The van der Waals surface area contributed by atoms with Crippen LogP contribution in [0.5, 0.6) is 11.5 Å². The van der Waals surface area contributed by atoms with E-state index in [0.717, 1.165) is 50.3 Å². The van der Waals surface area contributed by atoms with Crippen molar-refractivity contribution in [1.82, 2.24) is 9.80 Å². The number of amides is 1. The fourth-order valence-electron chi connectivity index (χ4n) is 3.83. The molecular weight excluding hydrogens is 338 g/mol. The normalized spacial score (nSPS) is 16.9. The molecule has 0 aliphatic carbocycles. The molecule has 2 aromatic rings. The Hall–Kier alpha value is -2.84. The molecule has 0 bridgehead atoms. The Kier molecular flexibility index (Phi) is 5.08. The maximum atomic E-state index is 12.8. The van der Waals surface area contributed by atoms with Gasteiger partial charge in [-0.1, -0.05) is 12.1 Å². The number of carbonyl (C=O) groups excluding carboxylic acids is 1. The minimum Gasteiger partial charge on any atom is -0.456 e. The van der Waals surface area contributed by atoms with Crippen molar-refractivity contribution in [3.8, 4) is 17.6 Å². The molecular formula is C22H23N3O2. The van der Waals surface area contributed by atoms with E-state index in [9.17, 15) is 10.1 Å². The molecule has 0 radical (unpaired) electrons. The first-order valence-electron chi connectivity index (χ1n) is 9.56. The number of rotatable bonds is 5. The first-order chi connectivity index (χ1) is 13.2.